The molecule has 0 aliphatic rings. The summed E-state index contributed by atoms with van der Waals surface area (Å²) in [6.45, 7) is 0. The molecule has 0 bridgehead atoms. The van der Waals surface area contributed by atoms with Gasteiger partial charge in [0.2, 0.25) is 0 Å². The van der Waals surface area contributed by atoms with Crippen LogP contribution in [0.4, 0.5) is 0 Å². The van der Waals surface area contributed by atoms with Gasteiger partial charge < -0.3 is 9.13 Å². The van der Waals surface area contributed by atoms with Crippen molar-refractivity contribution in [3.63, 3.8) is 0 Å². The second-order valence-corrected chi connectivity index (χ2v) is 6.47. The molecule has 0 N–H and O–H groups in total. The average molecular weight is 333 g/mol. The molecule has 0 radical (unpaired) electrons. The number of hydrogen-bond donors (Lipinski definition) is 0. The van der Waals surface area contributed by atoms with E-state index in [1.54, 1.807) is 11.8 Å². The van der Waals surface area contributed by atoms with Gasteiger partial charge in [-0.25, -0.2) is 0 Å². The molecule has 3 rings (SSSR count). The van der Waals surface area contributed by atoms with Crippen molar-refractivity contribution in [1.29, 1.82) is 0 Å². The molecular weight excluding hydrogens is 316 g/mol. The summed E-state index contributed by atoms with van der Waals surface area (Å²) in [5.41, 5.74) is 2.33. The van der Waals surface area contributed by atoms with Crippen LogP contribution in [0.1, 0.15) is 17.1 Å². The molecular formula is C16H17ClN4S. The standard InChI is InChI=1S/C16H17ClN4S/c1-20-9-5-7-13(20)10-15-18-19-16(21(15)2)22-11-12-6-3-4-8-14(12)17/h3-9H,10-11H2,1-2H3. The highest BCUT2D eigenvalue weighted by atomic mass is 35.5. The third-order valence-electron chi connectivity index (χ3n) is 3.63. The first kappa shape index (κ1) is 15.2. The third-order valence-corrected chi connectivity index (χ3v) is 5.07. The zero-order chi connectivity index (χ0) is 15.5. The van der Waals surface area contributed by atoms with Crippen LogP contribution in [0.25, 0.3) is 0 Å². The lowest BCUT2D eigenvalue weighted by Gasteiger charge is -2.06. The van der Waals surface area contributed by atoms with Crippen molar-refractivity contribution in [2.24, 2.45) is 14.1 Å². The molecule has 0 aliphatic carbocycles. The number of nitrogens with zero attached hydrogens (tertiary/aromatic N) is 4. The van der Waals surface area contributed by atoms with Crippen LogP contribution in [-0.4, -0.2) is 19.3 Å². The van der Waals surface area contributed by atoms with Gasteiger partial charge in [0.05, 0.1) is 0 Å². The lowest BCUT2D eigenvalue weighted by Crippen LogP contribution is -2.03. The summed E-state index contributed by atoms with van der Waals surface area (Å²) in [5.74, 6) is 1.75. The third kappa shape index (κ3) is 3.20. The number of aromatic nitrogens is 4. The molecule has 6 heteroatoms. The first-order chi connectivity index (χ1) is 10.6. The quantitative estimate of drug-likeness (QED) is 0.668. The van der Waals surface area contributed by atoms with E-state index in [1.807, 2.05) is 50.6 Å². The molecule has 2 heterocycles. The normalized spacial score (nSPS) is 11.0. The fourth-order valence-electron chi connectivity index (χ4n) is 2.22. The summed E-state index contributed by atoms with van der Waals surface area (Å²) < 4.78 is 4.15. The molecule has 4 nitrogen and oxygen atoms in total. The predicted octanol–water partition coefficient (Wildman–Crippen LogP) is 3.69. The minimum Gasteiger partial charge on any atom is -0.354 e. The minimum absolute atomic E-state index is 0.777. The highest BCUT2D eigenvalue weighted by Crippen LogP contribution is 2.25. The van der Waals surface area contributed by atoms with E-state index < -0.39 is 0 Å². The van der Waals surface area contributed by atoms with Crippen LogP contribution in [0, 0.1) is 0 Å². The van der Waals surface area contributed by atoms with Crippen LogP contribution >= 0.6 is 23.4 Å². The van der Waals surface area contributed by atoms with E-state index in [4.69, 9.17) is 11.6 Å². The lowest BCUT2D eigenvalue weighted by molar-refractivity contribution is 0.731. The monoisotopic (exact) mass is 332 g/mol. The van der Waals surface area contributed by atoms with Crippen molar-refractivity contribution in [2.75, 3.05) is 0 Å². The van der Waals surface area contributed by atoms with Gasteiger partial charge in [-0.3, -0.25) is 0 Å². The van der Waals surface area contributed by atoms with Crippen LogP contribution in [-0.2, 0) is 26.3 Å². The van der Waals surface area contributed by atoms with E-state index in [1.165, 1.54) is 5.69 Å². The topological polar surface area (TPSA) is 35.6 Å². The molecule has 114 valence electrons. The maximum absolute atomic E-state index is 6.19. The Morgan fingerprint density at radius 1 is 1.09 bits per heavy atom. The number of halogens is 1. The Labute approximate surface area is 139 Å². The Balaban J connectivity index is 1.71. The fourth-order valence-corrected chi connectivity index (χ4v) is 3.44. The SMILES string of the molecule is Cn1cccc1Cc1nnc(SCc2ccccc2Cl)n1C. The largest absolute Gasteiger partial charge is 0.354 e. The molecule has 0 atom stereocenters. The molecule has 3 aromatic rings. The van der Waals surface area contributed by atoms with Gasteiger partial charge >= 0.3 is 0 Å². The zero-order valence-electron chi connectivity index (χ0n) is 12.5. The predicted molar refractivity (Wildman–Crippen MR) is 90.2 cm³/mol. The van der Waals surface area contributed by atoms with Gasteiger partial charge in [-0.05, 0) is 23.8 Å². The van der Waals surface area contributed by atoms with Crippen LogP contribution in [0.5, 0.6) is 0 Å². The van der Waals surface area contributed by atoms with Crippen molar-refractivity contribution in [1.82, 2.24) is 19.3 Å². The van der Waals surface area contributed by atoms with Gasteiger partial charge in [-0.15, -0.1) is 10.2 Å². The molecule has 0 unspecified atom stereocenters. The average Bonchev–Trinajstić information content (AvgIpc) is 3.07. The molecule has 0 amide bonds. The maximum atomic E-state index is 6.19. The summed E-state index contributed by atoms with van der Waals surface area (Å²) >= 11 is 7.84. The molecule has 1 aromatic carbocycles. The van der Waals surface area contributed by atoms with Crippen molar-refractivity contribution >= 4 is 23.4 Å². The van der Waals surface area contributed by atoms with Crippen LogP contribution in [0.15, 0.2) is 47.8 Å². The van der Waals surface area contributed by atoms with E-state index in [-0.39, 0.29) is 0 Å². The first-order valence-corrected chi connectivity index (χ1v) is 8.36. The van der Waals surface area contributed by atoms with Crippen LogP contribution in [0.3, 0.4) is 0 Å². The zero-order valence-corrected chi connectivity index (χ0v) is 14.1. The minimum atomic E-state index is 0.777. The van der Waals surface area contributed by atoms with Crippen molar-refractivity contribution < 1.29 is 0 Å². The number of hydrogen-bond acceptors (Lipinski definition) is 3. The van der Waals surface area contributed by atoms with Crippen molar-refractivity contribution in [3.8, 4) is 0 Å². The molecule has 2 aromatic heterocycles. The van der Waals surface area contributed by atoms with Crippen molar-refractivity contribution in [2.45, 2.75) is 17.3 Å². The Bertz CT molecular complexity index is 778. The highest BCUT2D eigenvalue weighted by Gasteiger charge is 2.11. The van der Waals surface area contributed by atoms with E-state index in [9.17, 15) is 0 Å². The van der Waals surface area contributed by atoms with E-state index >= 15 is 0 Å². The Kier molecular flexibility index (Phi) is 4.55. The van der Waals surface area contributed by atoms with Crippen molar-refractivity contribution in [3.05, 3.63) is 64.7 Å². The molecule has 0 saturated carbocycles. The smallest absolute Gasteiger partial charge is 0.191 e. The fraction of sp³-hybridized carbons (Fsp3) is 0.250. The van der Waals surface area contributed by atoms with Gasteiger partial charge in [0.1, 0.15) is 5.82 Å². The van der Waals surface area contributed by atoms with E-state index in [0.717, 1.165) is 33.7 Å². The Morgan fingerprint density at radius 2 is 1.91 bits per heavy atom. The Morgan fingerprint density at radius 3 is 2.64 bits per heavy atom. The van der Waals surface area contributed by atoms with Gasteiger partial charge in [-0.2, -0.15) is 0 Å². The number of benzene rings is 1. The van der Waals surface area contributed by atoms with Gasteiger partial charge in [-0.1, -0.05) is 41.6 Å². The molecule has 22 heavy (non-hydrogen) atoms. The second-order valence-electron chi connectivity index (χ2n) is 5.13. The molecule has 0 fully saturated rings. The second kappa shape index (κ2) is 6.58. The lowest BCUT2D eigenvalue weighted by atomic mass is 10.2. The number of aryl methyl sites for hydroxylation is 1. The van der Waals surface area contributed by atoms with Crippen LogP contribution < -0.4 is 0 Å². The summed E-state index contributed by atoms with van der Waals surface area (Å²) in [6, 6.07) is 12.0. The maximum Gasteiger partial charge on any atom is 0.191 e. The first-order valence-electron chi connectivity index (χ1n) is 7.00. The number of rotatable bonds is 5. The van der Waals surface area contributed by atoms with Gasteiger partial charge in [0, 0.05) is 43.2 Å². The molecule has 0 spiro atoms. The summed E-state index contributed by atoms with van der Waals surface area (Å²) in [7, 11) is 4.05. The van der Waals surface area contributed by atoms with E-state index in [2.05, 4.69) is 25.4 Å². The van der Waals surface area contributed by atoms with E-state index in [0.29, 0.717) is 0 Å². The Hall–Kier alpha value is -1.72. The molecule has 0 saturated heterocycles. The number of thioether (sulfide) groups is 1. The molecule has 0 aliphatic heterocycles. The summed E-state index contributed by atoms with van der Waals surface area (Å²) in [5, 5.41) is 10.3. The highest BCUT2D eigenvalue weighted by molar-refractivity contribution is 7.98. The summed E-state index contributed by atoms with van der Waals surface area (Å²) in [4.78, 5) is 0. The van der Waals surface area contributed by atoms with Crippen LogP contribution in [0.2, 0.25) is 5.02 Å². The van der Waals surface area contributed by atoms with Gasteiger partial charge in [0.15, 0.2) is 5.16 Å². The summed E-state index contributed by atoms with van der Waals surface area (Å²) in [6.07, 6.45) is 2.82. The van der Waals surface area contributed by atoms with Gasteiger partial charge in [0.25, 0.3) is 0 Å².